The number of nitrogens with one attached hydrogen (secondary N) is 1. The van der Waals surface area contributed by atoms with E-state index in [9.17, 15) is 9.50 Å². The Morgan fingerprint density at radius 2 is 1.90 bits per heavy atom. The molecule has 0 radical (unpaired) electrons. The van der Waals surface area contributed by atoms with E-state index in [-0.39, 0.29) is 12.4 Å². The van der Waals surface area contributed by atoms with E-state index in [1.807, 2.05) is 28.8 Å². The van der Waals surface area contributed by atoms with E-state index >= 15 is 0 Å². The monoisotopic (exact) mass is 391 g/mol. The van der Waals surface area contributed by atoms with Crippen LogP contribution in [0.2, 0.25) is 0 Å². The number of fused-ring (bicyclic) bond motifs is 1. The zero-order valence-corrected chi connectivity index (χ0v) is 16.3. The molecule has 148 valence electrons. The zero-order valence-electron chi connectivity index (χ0n) is 16.3. The number of imidazole rings is 1. The van der Waals surface area contributed by atoms with E-state index in [4.69, 9.17) is 4.98 Å². The average Bonchev–Trinajstić information content (AvgIpc) is 3.11. The summed E-state index contributed by atoms with van der Waals surface area (Å²) in [5, 5.41) is 12.7. The molecule has 0 aliphatic rings. The van der Waals surface area contributed by atoms with Gasteiger partial charge in [-0.05, 0) is 53.9 Å². The number of hydrogen-bond donors (Lipinski definition) is 2. The molecule has 0 bridgehead atoms. The fraction of sp³-hybridized carbons (Fsp3) is 0.227. The van der Waals surface area contributed by atoms with E-state index in [0.717, 1.165) is 23.4 Å². The van der Waals surface area contributed by atoms with Gasteiger partial charge in [0.05, 0.1) is 23.7 Å². The highest BCUT2D eigenvalue weighted by atomic mass is 19.1. The maximum atomic E-state index is 13.4. The molecule has 2 N–H and O–H groups in total. The molecule has 0 atom stereocenters. The van der Waals surface area contributed by atoms with Crippen molar-refractivity contribution in [2.45, 2.75) is 20.5 Å². The molecule has 0 spiro atoms. The van der Waals surface area contributed by atoms with Gasteiger partial charge in [-0.15, -0.1) is 0 Å². The van der Waals surface area contributed by atoms with Crippen molar-refractivity contribution in [1.29, 1.82) is 0 Å². The highest BCUT2D eigenvalue weighted by molar-refractivity contribution is 5.80. The van der Waals surface area contributed by atoms with Crippen LogP contribution in [0.4, 0.5) is 10.3 Å². The van der Waals surface area contributed by atoms with Crippen LogP contribution in [0.15, 0.2) is 54.9 Å². The van der Waals surface area contributed by atoms with E-state index < -0.39 is 0 Å². The molecule has 7 heteroatoms. The Labute approximate surface area is 168 Å². The van der Waals surface area contributed by atoms with Crippen LogP contribution in [-0.2, 0) is 6.61 Å². The van der Waals surface area contributed by atoms with Crippen molar-refractivity contribution in [3.05, 3.63) is 66.2 Å². The minimum atomic E-state index is -0.302. The van der Waals surface area contributed by atoms with E-state index in [0.29, 0.717) is 28.9 Å². The van der Waals surface area contributed by atoms with Crippen LogP contribution < -0.4 is 5.32 Å². The molecule has 0 fully saturated rings. The fourth-order valence-electron chi connectivity index (χ4n) is 3.11. The Kier molecular flexibility index (Phi) is 5.22. The van der Waals surface area contributed by atoms with E-state index in [1.54, 1.807) is 18.3 Å². The molecule has 4 rings (SSSR count). The lowest BCUT2D eigenvalue weighted by atomic mass is 10.1. The maximum absolute atomic E-state index is 13.4. The van der Waals surface area contributed by atoms with Gasteiger partial charge < -0.3 is 10.4 Å². The first-order valence-corrected chi connectivity index (χ1v) is 9.50. The predicted octanol–water partition coefficient (Wildman–Crippen LogP) is 4.16. The Balaban J connectivity index is 1.89. The van der Waals surface area contributed by atoms with Crippen molar-refractivity contribution in [3.8, 4) is 22.6 Å². The summed E-state index contributed by atoms with van der Waals surface area (Å²) in [5.41, 5.74) is 4.41. The van der Waals surface area contributed by atoms with Gasteiger partial charge in [0, 0.05) is 24.5 Å². The molecule has 4 aromatic rings. The first-order valence-electron chi connectivity index (χ1n) is 9.50. The second-order valence-electron chi connectivity index (χ2n) is 7.28. The number of rotatable bonds is 6. The van der Waals surface area contributed by atoms with Gasteiger partial charge >= 0.3 is 0 Å². The summed E-state index contributed by atoms with van der Waals surface area (Å²) in [6, 6.07) is 11.7. The van der Waals surface area contributed by atoms with Gasteiger partial charge in [-0.2, -0.15) is 0 Å². The number of halogens is 1. The number of hydrogen-bond acceptors (Lipinski definition) is 5. The predicted molar refractivity (Wildman–Crippen MR) is 111 cm³/mol. The van der Waals surface area contributed by atoms with Crippen molar-refractivity contribution in [3.63, 3.8) is 0 Å². The van der Waals surface area contributed by atoms with Gasteiger partial charge in [-0.1, -0.05) is 13.8 Å². The van der Waals surface area contributed by atoms with Crippen LogP contribution in [-0.4, -0.2) is 31.0 Å². The van der Waals surface area contributed by atoms with Crippen molar-refractivity contribution < 1.29 is 9.50 Å². The quantitative estimate of drug-likeness (QED) is 0.516. The number of aromatic nitrogens is 4. The summed E-state index contributed by atoms with van der Waals surface area (Å²) in [5.74, 6) is 0.705. The molecule has 3 aromatic heterocycles. The van der Waals surface area contributed by atoms with Crippen LogP contribution in [0.1, 0.15) is 19.4 Å². The number of nitrogens with zero attached hydrogens (tertiary/aromatic N) is 4. The fourth-order valence-corrected chi connectivity index (χ4v) is 3.11. The zero-order chi connectivity index (χ0) is 20.4. The molecule has 0 aliphatic heterocycles. The summed E-state index contributed by atoms with van der Waals surface area (Å²) in [7, 11) is 0. The Morgan fingerprint density at radius 3 is 2.62 bits per heavy atom. The average molecular weight is 391 g/mol. The minimum Gasteiger partial charge on any atom is -0.392 e. The second-order valence-corrected chi connectivity index (χ2v) is 7.28. The third-order valence-electron chi connectivity index (χ3n) is 4.56. The Morgan fingerprint density at radius 1 is 1.10 bits per heavy atom. The number of aliphatic hydroxyl groups is 1. The number of aliphatic hydroxyl groups excluding tert-OH is 1. The lowest BCUT2D eigenvalue weighted by molar-refractivity contribution is 0.282. The normalized spacial score (nSPS) is 11.3. The second kappa shape index (κ2) is 7.97. The van der Waals surface area contributed by atoms with Crippen molar-refractivity contribution >= 4 is 11.6 Å². The third-order valence-corrected chi connectivity index (χ3v) is 4.56. The lowest BCUT2D eigenvalue weighted by Crippen LogP contribution is -2.10. The largest absolute Gasteiger partial charge is 0.392 e. The summed E-state index contributed by atoms with van der Waals surface area (Å²) < 4.78 is 15.4. The molecule has 3 heterocycles. The molecular weight excluding hydrogens is 369 g/mol. The van der Waals surface area contributed by atoms with Crippen molar-refractivity contribution in [2.75, 3.05) is 11.9 Å². The minimum absolute atomic E-state index is 0.0681. The third kappa shape index (κ3) is 3.95. The van der Waals surface area contributed by atoms with E-state index in [1.165, 1.54) is 12.1 Å². The molecule has 1 aromatic carbocycles. The number of anilines is 1. The van der Waals surface area contributed by atoms with Crippen LogP contribution >= 0.6 is 0 Å². The smallest absolute Gasteiger partial charge is 0.223 e. The molecule has 29 heavy (non-hydrogen) atoms. The molecule has 0 amide bonds. The van der Waals surface area contributed by atoms with Crippen LogP contribution in [0.3, 0.4) is 0 Å². The maximum Gasteiger partial charge on any atom is 0.223 e. The Hall–Kier alpha value is -3.32. The summed E-state index contributed by atoms with van der Waals surface area (Å²) in [6.07, 6.45) is 3.57. The van der Waals surface area contributed by atoms with Crippen LogP contribution in [0.25, 0.3) is 28.3 Å². The first-order chi connectivity index (χ1) is 14.0. The van der Waals surface area contributed by atoms with Gasteiger partial charge in [0.1, 0.15) is 11.5 Å². The number of pyridine rings is 1. The molecule has 0 saturated heterocycles. The highest BCUT2D eigenvalue weighted by Gasteiger charge is 2.18. The van der Waals surface area contributed by atoms with Crippen molar-refractivity contribution in [1.82, 2.24) is 19.4 Å². The first kappa shape index (κ1) is 19.0. The lowest BCUT2D eigenvalue weighted by Gasteiger charge is -2.10. The molecular formula is C22H22FN5O. The van der Waals surface area contributed by atoms with E-state index in [2.05, 4.69) is 29.1 Å². The van der Waals surface area contributed by atoms with Crippen LogP contribution in [0.5, 0.6) is 0 Å². The topological polar surface area (TPSA) is 75.3 Å². The van der Waals surface area contributed by atoms with Gasteiger partial charge in [0.15, 0.2) is 0 Å². The van der Waals surface area contributed by atoms with Gasteiger partial charge in [-0.25, -0.2) is 19.3 Å². The molecule has 6 nitrogen and oxygen atoms in total. The SMILES string of the molecule is CC(C)CNc1nccc(-c2c(-c3ccc(F)cc3)nc3cc(CO)ccn23)n1. The van der Waals surface area contributed by atoms with Gasteiger partial charge in [0.25, 0.3) is 0 Å². The van der Waals surface area contributed by atoms with Crippen molar-refractivity contribution in [2.24, 2.45) is 5.92 Å². The summed E-state index contributed by atoms with van der Waals surface area (Å²) in [6.45, 7) is 4.93. The summed E-state index contributed by atoms with van der Waals surface area (Å²) >= 11 is 0. The summed E-state index contributed by atoms with van der Waals surface area (Å²) in [4.78, 5) is 13.7. The molecule has 0 aliphatic carbocycles. The Bertz CT molecular complexity index is 1140. The highest BCUT2D eigenvalue weighted by Crippen LogP contribution is 2.32. The van der Waals surface area contributed by atoms with Crippen LogP contribution in [0, 0.1) is 11.7 Å². The number of benzene rings is 1. The standard InChI is InChI=1S/C22H22FN5O/c1-14(2)12-25-22-24-9-7-18(26-22)21-20(16-3-5-17(23)6-4-16)27-19-11-15(13-29)8-10-28(19)21/h3-11,14,29H,12-13H2,1-2H3,(H,24,25,26). The molecule has 0 unspecified atom stereocenters. The molecule has 0 saturated carbocycles. The van der Waals surface area contributed by atoms with Gasteiger partial charge in [-0.3, -0.25) is 4.40 Å². The van der Waals surface area contributed by atoms with Gasteiger partial charge in [0.2, 0.25) is 5.95 Å².